The fourth-order valence-corrected chi connectivity index (χ4v) is 4.63. The van der Waals surface area contributed by atoms with Crippen molar-refractivity contribution in [2.75, 3.05) is 11.5 Å². The van der Waals surface area contributed by atoms with E-state index in [-0.39, 0.29) is 24.7 Å². The van der Waals surface area contributed by atoms with E-state index >= 15 is 0 Å². The average molecular weight is 427 g/mol. The number of rotatable bonds is 6. The molecule has 1 aromatic heterocycles. The fraction of sp³-hybridized carbons (Fsp3) is 0.364. The second-order valence-corrected chi connectivity index (χ2v) is 8.51. The summed E-state index contributed by atoms with van der Waals surface area (Å²) < 4.78 is 14.7. The monoisotopic (exact) mass is 426 g/mol. The lowest BCUT2D eigenvalue weighted by atomic mass is 9.91. The molecule has 4 atom stereocenters. The van der Waals surface area contributed by atoms with Crippen molar-refractivity contribution < 1.29 is 14.6 Å². The lowest BCUT2D eigenvalue weighted by molar-refractivity contribution is -0.268. The van der Waals surface area contributed by atoms with Gasteiger partial charge in [0.25, 0.3) is 0 Å². The molecule has 0 amide bonds. The molecule has 0 unspecified atom stereocenters. The molecule has 2 heterocycles. The van der Waals surface area contributed by atoms with Crippen LogP contribution in [0, 0.1) is 5.92 Å². The molecular weight excluding hydrogens is 400 g/mol. The second-order valence-electron chi connectivity index (χ2n) is 7.53. The minimum Gasteiger partial charge on any atom is -0.399 e. The smallest absolute Gasteiger partial charge is 0.190 e. The number of aliphatic hydroxyl groups excluding tert-OH is 1. The quantitative estimate of drug-likeness (QED) is 0.460. The first-order valence-electron chi connectivity index (χ1n) is 9.88. The summed E-state index contributed by atoms with van der Waals surface area (Å²) in [6.45, 7) is 2.16. The van der Waals surface area contributed by atoms with Gasteiger partial charge in [0.1, 0.15) is 6.33 Å². The predicted octanol–water partition coefficient (Wildman–Crippen LogP) is 3.47. The Balaban J connectivity index is 1.60. The van der Waals surface area contributed by atoms with Crippen molar-refractivity contribution in [1.82, 2.24) is 14.8 Å². The molecule has 8 heteroatoms. The summed E-state index contributed by atoms with van der Waals surface area (Å²) >= 11 is 1.62. The van der Waals surface area contributed by atoms with E-state index in [4.69, 9.17) is 15.2 Å². The summed E-state index contributed by atoms with van der Waals surface area (Å²) in [7, 11) is 1.93. The van der Waals surface area contributed by atoms with Crippen LogP contribution in [0.5, 0.6) is 0 Å². The topological polar surface area (TPSA) is 95.4 Å². The van der Waals surface area contributed by atoms with E-state index in [0.717, 1.165) is 27.6 Å². The summed E-state index contributed by atoms with van der Waals surface area (Å²) in [5, 5.41) is 18.3. The highest BCUT2D eigenvalue weighted by Crippen LogP contribution is 2.43. The third-order valence-electron chi connectivity index (χ3n) is 5.35. The minimum absolute atomic E-state index is 0.0212. The number of aliphatic hydroxyl groups is 1. The predicted molar refractivity (Wildman–Crippen MR) is 116 cm³/mol. The SMILES string of the molecule is C[C@@H]1[C@H](CSc2nncn2C)O[C@H](c2cccc(N)c2)O[C@@H]1c1ccc(CO)cc1. The Morgan fingerprint density at radius 1 is 1.13 bits per heavy atom. The largest absolute Gasteiger partial charge is 0.399 e. The molecule has 0 radical (unpaired) electrons. The Morgan fingerprint density at radius 3 is 2.60 bits per heavy atom. The van der Waals surface area contributed by atoms with Gasteiger partial charge in [0.15, 0.2) is 11.4 Å². The number of ether oxygens (including phenoxy) is 2. The number of nitrogen functional groups attached to an aromatic ring is 1. The van der Waals surface area contributed by atoms with E-state index in [1.807, 2.05) is 60.1 Å². The number of anilines is 1. The maximum atomic E-state index is 9.35. The first-order chi connectivity index (χ1) is 14.5. The Labute approximate surface area is 180 Å². The molecule has 0 aliphatic carbocycles. The van der Waals surface area contributed by atoms with Gasteiger partial charge in [-0.2, -0.15) is 0 Å². The first-order valence-corrected chi connectivity index (χ1v) is 10.9. The third kappa shape index (κ3) is 4.52. The molecular formula is C22H26N4O3S. The number of nitrogens with two attached hydrogens (primary N) is 1. The molecule has 3 aromatic rings. The van der Waals surface area contributed by atoms with Gasteiger partial charge < -0.3 is 24.9 Å². The normalized spacial score (nSPS) is 24.1. The van der Waals surface area contributed by atoms with Crippen LogP contribution in [0.25, 0.3) is 0 Å². The van der Waals surface area contributed by atoms with Crippen LogP contribution in [0.3, 0.4) is 0 Å². The van der Waals surface area contributed by atoms with Gasteiger partial charge in [-0.1, -0.05) is 55.1 Å². The van der Waals surface area contributed by atoms with Crippen LogP contribution in [-0.4, -0.2) is 31.7 Å². The Morgan fingerprint density at radius 2 is 1.93 bits per heavy atom. The van der Waals surface area contributed by atoms with Crippen LogP contribution in [0.1, 0.15) is 36.0 Å². The van der Waals surface area contributed by atoms with Gasteiger partial charge in [0.2, 0.25) is 0 Å². The van der Waals surface area contributed by atoms with Crippen LogP contribution in [0.2, 0.25) is 0 Å². The molecule has 0 bridgehead atoms. The van der Waals surface area contributed by atoms with E-state index in [1.54, 1.807) is 18.1 Å². The van der Waals surface area contributed by atoms with Gasteiger partial charge in [-0.05, 0) is 23.3 Å². The van der Waals surface area contributed by atoms with E-state index < -0.39 is 6.29 Å². The summed E-state index contributed by atoms with van der Waals surface area (Å²) in [4.78, 5) is 0. The van der Waals surface area contributed by atoms with Crippen molar-refractivity contribution in [1.29, 1.82) is 0 Å². The van der Waals surface area contributed by atoms with Crippen molar-refractivity contribution in [2.45, 2.75) is 37.2 Å². The lowest BCUT2D eigenvalue weighted by Crippen LogP contribution is -2.38. The summed E-state index contributed by atoms with van der Waals surface area (Å²) in [6.07, 6.45) is 0.965. The highest BCUT2D eigenvalue weighted by atomic mass is 32.2. The Hall–Kier alpha value is -2.39. The van der Waals surface area contributed by atoms with Crippen molar-refractivity contribution in [3.8, 4) is 0 Å². The number of benzene rings is 2. The molecule has 1 fully saturated rings. The number of aryl methyl sites for hydroxylation is 1. The Kier molecular flexibility index (Phi) is 6.38. The van der Waals surface area contributed by atoms with E-state index in [1.165, 1.54) is 0 Å². The lowest BCUT2D eigenvalue weighted by Gasteiger charge is -2.41. The molecule has 1 saturated heterocycles. The van der Waals surface area contributed by atoms with E-state index in [9.17, 15) is 5.11 Å². The van der Waals surface area contributed by atoms with Crippen molar-refractivity contribution in [2.24, 2.45) is 13.0 Å². The maximum absolute atomic E-state index is 9.35. The zero-order chi connectivity index (χ0) is 21.1. The molecule has 3 N–H and O–H groups in total. The van der Waals surface area contributed by atoms with Crippen LogP contribution in [0.15, 0.2) is 60.0 Å². The molecule has 30 heavy (non-hydrogen) atoms. The highest BCUT2D eigenvalue weighted by Gasteiger charge is 2.38. The van der Waals surface area contributed by atoms with Gasteiger partial charge in [-0.25, -0.2) is 0 Å². The van der Waals surface area contributed by atoms with Crippen LogP contribution < -0.4 is 5.73 Å². The number of nitrogens with zero attached hydrogens (tertiary/aromatic N) is 3. The maximum Gasteiger partial charge on any atom is 0.190 e. The highest BCUT2D eigenvalue weighted by molar-refractivity contribution is 7.99. The molecule has 4 rings (SSSR count). The van der Waals surface area contributed by atoms with Crippen LogP contribution in [0.4, 0.5) is 5.69 Å². The molecule has 158 valence electrons. The van der Waals surface area contributed by atoms with Gasteiger partial charge >= 0.3 is 0 Å². The van der Waals surface area contributed by atoms with E-state index in [0.29, 0.717) is 5.69 Å². The van der Waals surface area contributed by atoms with Gasteiger partial charge in [-0.15, -0.1) is 10.2 Å². The van der Waals surface area contributed by atoms with Gasteiger partial charge in [0, 0.05) is 30.0 Å². The van der Waals surface area contributed by atoms with Crippen LogP contribution >= 0.6 is 11.8 Å². The molecule has 7 nitrogen and oxygen atoms in total. The third-order valence-corrected chi connectivity index (χ3v) is 6.48. The number of hydrogen-bond donors (Lipinski definition) is 2. The number of aromatic nitrogens is 3. The van der Waals surface area contributed by atoms with Crippen LogP contribution in [-0.2, 0) is 23.1 Å². The van der Waals surface area contributed by atoms with Gasteiger partial charge in [0.05, 0.1) is 18.8 Å². The first kappa shape index (κ1) is 20.9. The fourth-order valence-electron chi connectivity index (χ4n) is 3.58. The summed E-state index contributed by atoms with van der Waals surface area (Å²) in [5.74, 6) is 0.837. The molecule has 0 saturated carbocycles. The summed E-state index contributed by atoms with van der Waals surface area (Å²) in [6, 6.07) is 15.5. The van der Waals surface area contributed by atoms with Gasteiger partial charge in [-0.3, -0.25) is 0 Å². The zero-order valence-electron chi connectivity index (χ0n) is 17.0. The van der Waals surface area contributed by atoms with E-state index in [2.05, 4.69) is 17.1 Å². The molecule has 2 aromatic carbocycles. The molecule has 0 spiro atoms. The second kappa shape index (κ2) is 9.18. The standard InChI is InChI=1S/C22H26N4O3S/c1-14-19(12-30-22-25-24-13-26(22)2)28-21(17-4-3-5-18(23)10-17)29-20(14)16-8-6-15(11-27)7-9-16/h3-10,13-14,19-21,27H,11-12,23H2,1-2H3/t14-,19+,20+,21+/m1/s1. The number of thioether (sulfide) groups is 1. The average Bonchev–Trinajstić information content (AvgIpc) is 3.18. The Bertz CT molecular complexity index is 979. The number of hydrogen-bond acceptors (Lipinski definition) is 7. The van der Waals surface area contributed by atoms with Crippen molar-refractivity contribution in [3.63, 3.8) is 0 Å². The molecule has 1 aliphatic heterocycles. The minimum atomic E-state index is -0.516. The van der Waals surface area contributed by atoms with Crippen molar-refractivity contribution in [3.05, 3.63) is 71.5 Å². The zero-order valence-corrected chi connectivity index (χ0v) is 17.8. The molecule has 1 aliphatic rings. The van der Waals surface area contributed by atoms with Crippen molar-refractivity contribution >= 4 is 17.4 Å². The summed E-state index contributed by atoms with van der Waals surface area (Å²) in [5.41, 5.74) is 9.49.